The summed E-state index contributed by atoms with van der Waals surface area (Å²) in [4.78, 5) is -1.59. The summed E-state index contributed by atoms with van der Waals surface area (Å²) < 4.78 is 45.3. The van der Waals surface area contributed by atoms with Crippen LogP contribution < -0.4 is 5.32 Å². The van der Waals surface area contributed by atoms with Gasteiger partial charge in [0, 0.05) is 32.0 Å². The summed E-state index contributed by atoms with van der Waals surface area (Å²) in [5.41, 5.74) is 4.06. The monoisotopic (exact) mass is 427 g/mol. The zero-order valence-corrected chi connectivity index (χ0v) is 18.2. The van der Waals surface area contributed by atoms with Gasteiger partial charge in [0.25, 0.3) is 0 Å². The molecule has 7 heteroatoms. The van der Waals surface area contributed by atoms with E-state index < -0.39 is 20.9 Å². The zero-order chi connectivity index (χ0) is 21.5. The van der Waals surface area contributed by atoms with Gasteiger partial charge in [0.05, 0.1) is 12.0 Å². The van der Waals surface area contributed by atoms with Crippen molar-refractivity contribution >= 4 is 15.5 Å². The van der Waals surface area contributed by atoms with Gasteiger partial charge >= 0.3 is 0 Å². The Labute approximate surface area is 177 Å². The Morgan fingerprint density at radius 1 is 1.07 bits per heavy atom. The number of methoxy groups -OCH3 is 3. The van der Waals surface area contributed by atoms with Crippen LogP contribution in [-0.2, 0) is 30.6 Å². The fraction of sp³-hybridized carbons (Fsp3) is 0.304. The maximum atomic E-state index is 14.2. The molecule has 0 radical (unpaired) electrons. The lowest BCUT2D eigenvalue weighted by Crippen LogP contribution is -2.53. The first kappa shape index (κ1) is 20.7. The summed E-state index contributed by atoms with van der Waals surface area (Å²) in [6.07, 6.45) is 2.41. The maximum absolute atomic E-state index is 14.2. The van der Waals surface area contributed by atoms with Crippen LogP contribution in [0.2, 0.25) is 0 Å². The minimum atomic E-state index is -4.08. The van der Waals surface area contributed by atoms with E-state index in [0.29, 0.717) is 23.4 Å². The Morgan fingerprint density at radius 2 is 1.83 bits per heavy atom. The van der Waals surface area contributed by atoms with E-state index in [1.54, 1.807) is 24.3 Å². The van der Waals surface area contributed by atoms with Gasteiger partial charge in [-0.1, -0.05) is 30.3 Å². The molecule has 1 aliphatic heterocycles. The third kappa shape index (κ3) is 2.88. The number of hydrogen-bond acceptors (Lipinski definition) is 6. The minimum Gasteiger partial charge on any atom is -0.498 e. The van der Waals surface area contributed by atoms with E-state index in [9.17, 15) is 8.42 Å². The summed E-state index contributed by atoms with van der Waals surface area (Å²) in [6.45, 7) is 2.45. The van der Waals surface area contributed by atoms with Gasteiger partial charge in [-0.3, -0.25) is 0 Å². The van der Waals surface area contributed by atoms with Gasteiger partial charge in [0.15, 0.2) is 6.10 Å². The molecule has 2 aromatic carbocycles. The first-order chi connectivity index (χ1) is 14.4. The van der Waals surface area contributed by atoms with Crippen LogP contribution in [0, 0.1) is 0 Å². The van der Waals surface area contributed by atoms with Crippen LogP contribution in [0.1, 0.15) is 12.5 Å². The van der Waals surface area contributed by atoms with Gasteiger partial charge in [-0.15, -0.1) is 0 Å². The normalized spacial score (nSPS) is 22.9. The standard InChI is InChI=1S/C23H25NO5S/c1-15-12-19(27-2)22(28-3)23(13-15,29-4)30(25,26)20-11-7-10-18-21(20)17-9-6-5-8-16(17)14-24-18/h5-13,22,24H,14H2,1-4H3. The Balaban J connectivity index is 1.99. The highest BCUT2D eigenvalue weighted by molar-refractivity contribution is 7.93. The molecule has 158 valence electrons. The number of allylic oxidation sites excluding steroid dienone is 2. The van der Waals surface area contributed by atoms with E-state index in [0.717, 1.165) is 16.8 Å². The topological polar surface area (TPSA) is 73.9 Å². The van der Waals surface area contributed by atoms with Gasteiger partial charge < -0.3 is 19.5 Å². The molecule has 0 saturated carbocycles. The molecule has 2 atom stereocenters. The van der Waals surface area contributed by atoms with Crippen molar-refractivity contribution in [3.8, 4) is 11.1 Å². The maximum Gasteiger partial charge on any atom is 0.225 e. The van der Waals surface area contributed by atoms with Gasteiger partial charge in [0.2, 0.25) is 14.8 Å². The lowest BCUT2D eigenvalue weighted by atomic mass is 9.95. The highest BCUT2D eigenvalue weighted by Gasteiger charge is 2.55. The average molecular weight is 428 g/mol. The van der Waals surface area contributed by atoms with Crippen molar-refractivity contribution in [1.82, 2.24) is 0 Å². The highest BCUT2D eigenvalue weighted by atomic mass is 32.2. The molecule has 0 spiro atoms. The van der Waals surface area contributed by atoms with Gasteiger partial charge in [-0.2, -0.15) is 0 Å². The average Bonchev–Trinajstić information content (AvgIpc) is 2.77. The summed E-state index contributed by atoms with van der Waals surface area (Å²) in [5.74, 6) is 0.395. The largest absolute Gasteiger partial charge is 0.498 e. The van der Waals surface area contributed by atoms with Crippen molar-refractivity contribution in [2.24, 2.45) is 0 Å². The zero-order valence-electron chi connectivity index (χ0n) is 17.4. The van der Waals surface area contributed by atoms with E-state index in [1.165, 1.54) is 21.3 Å². The number of hydrogen-bond donors (Lipinski definition) is 1. The van der Waals surface area contributed by atoms with Crippen molar-refractivity contribution in [3.63, 3.8) is 0 Å². The smallest absolute Gasteiger partial charge is 0.225 e. The summed E-state index contributed by atoms with van der Waals surface area (Å²) >= 11 is 0. The van der Waals surface area contributed by atoms with Crippen LogP contribution in [0.3, 0.4) is 0 Å². The molecule has 0 fully saturated rings. The number of nitrogens with one attached hydrogen (secondary N) is 1. The number of rotatable bonds is 5. The van der Waals surface area contributed by atoms with Crippen LogP contribution in [0.5, 0.6) is 0 Å². The molecular formula is C23H25NO5S. The number of ether oxygens (including phenoxy) is 3. The fourth-order valence-corrected chi connectivity index (χ4v) is 6.48. The SMILES string of the molecule is COC1=CC(C)=CC(OC)(S(=O)(=O)c2cccc3c2-c2ccccc2CN3)C1OC. The molecule has 30 heavy (non-hydrogen) atoms. The predicted octanol–water partition coefficient (Wildman–Crippen LogP) is 3.90. The second-order valence-corrected chi connectivity index (χ2v) is 9.46. The van der Waals surface area contributed by atoms with Crippen molar-refractivity contribution in [2.45, 2.75) is 29.4 Å². The molecule has 1 aliphatic carbocycles. The van der Waals surface area contributed by atoms with E-state index in [4.69, 9.17) is 14.2 Å². The van der Waals surface area contributed by atoms with Gasteiger partial charge in [0.1, 0.15) is 5.76 Å². The van der Waals surface area contributed by atoms with E-state index in [2.05, 4.69) is 5.32 Å². The molecule has 0 amide bonds. The summed E-state index contributed by atoms with van der Waals surface area (Å²) in [6, 6.07) is 13.1. The molecule has 0 bridgehead atoms. The number of benzene rings is 2. The fourth-order valence-electron chi connectivity index (χ4n) is 4.33. The quantitative estimate of drug-likeness (QED) is 0.780. The number of sulfone groups is 1. The Hall–Kier alpha value is -2.61. The van der Waals surface area contributed by atoms with Gasteiger partial charge in [-0.05, 0) is 47.9 Å². The first-order valence-corrected chi connectivity index (χ1v) is 11.1. The van der Waals surface area contributed by atoms with Crippen molar-refractivity contribution in [1.29, 1.82) is 0 Å². The van der Waals surface area contributed by atoms with Crippen molar-refractivity contribution in [2.75, 3.05) is 26.6 Å². The van der Waals surface area contributed by atoms with E-state index in [-0.39, 0.29) is 4.90 Å². The molecule has 2 aliphatic rings. The number of anilines is 1. The Kier molecular flexibility index (Phi) is 5.22. The molecule has 1 heterocycles. The summed E-state index contributed by atoms with van der Waals surface area (Å²) in [7, 11) is 0.248. The third-order valence-corrected chi connectivity index (χ3v) is 7.96. The third-order valence-electron chi connectivity index (χ3n) is 5.70. The molecule has 1 N–H and O–H groups in total. The Morgan fingerprint density at radius 3 is 2.53 bits per heavy atom. The van der Waals surface area contributed by atoms with Crippen LogP contribution in [0.4, 0.5) is 5.69 Å². The van der Waals surface area contributed by atoms with Crippen LogP contribution in [0.15, 0.2) is 70.8 Å². The predicted molar refractivity (Wildman–Crippen MR) is 116 cm³/mol. The molecular weight excluding hydrogens is 402 g/mol. The van der Waals surface area contributed by atoms with E-state index in [1.807, 2.05) is 37.3 Å². The molecule has 0 saturated heterocycles. The summed E-state index contributed by atoms with van der Waals surface area (Å²) in [5, 5.41) is 3.33. The van der Waals surface area contributed by atoms with Crippen LogP contribution in [0.25, 0.3) is 11.1 Å². The van der Waals surface area contributed by atoms with Crippen molar-refractivity contribution in [3.05, 3.63) is 71.5 Å². The second-order valence-electron chi connectivity index (χ2n) is 7.37. The molecule has 0 aromatic heterocycles. The van der Waals surface area contributed by atoms with Crippen molar-refractivity contribution < 1.29 is 22.6 Å². The van der Waals surface area contributed by atoms with Crippen LogP contribution >= 0.6 is 0 Å². The minimum absolute atomic E-state index is 0.185. The number of fused-ring (bicyclic) bond motifs is 3. The molecule has 6 nitrogen and oxygen atoms in total. The molecule has 2 unspecified atom stereocenters. The lowest BCUT2D eigenvalue weighted by Gasteiger charge is -2.39. The highest BCUT2D eigenvalue weighted by Crippen LogP contribution is 2.46. The molecule has 4 rings (SSSR count). The Bertz CT molecular complexity index is 1150. The molecule has 2 aromatic rings. The van der Waals surface area contributed by atoms with E-state index >= 15 is 0 Å². The second kappa shape index (κ2) is 7.58. The lowest BCUT2D eigenvalue weighted by molar-refractivity contribution is -0.0431. The first-order valence-electron chi connectivity index (χ1n) is 9.62. The van der Waals surface area contributed by atoms with Crippen LogP contribution in [-0.4, -0.2) is 40.8 Å². The van der Waals surface area contributed by atoms with Gasteiger partial charge in [-0.25, -0.2) is 8.42 Å².